The highest BCUT2D eigenvalue weighted by atomic mass is 16.5. The van der Waals surface area contributed by atoms with Crippen LogP contribution in [0.25, 0.3) is 0 Å². The Kier molecular flexibility index (Phi) is 6.93. The third kappa shape index (κ3) is 5.96. The molecule has 0 saturated heterocycles. The molecule has 0 aromatic carbocycles. The standard InChI is InChI=1S/C7H15O/c1-3-5-6-7-8-4-2/h4H,3,5-7H2,1-2H3. The van der Waals surface area contributed by atoms with Gasteiger partial charge in [0.1, 0.15) is 0 Å². The summed E-state index contributed by atoms with van der Waals surface area (Å²) in [7, 11) is 0. The van der Waals surface area contributed by atoms with Crippen LogP contribution in [-0.2, 0) is 4.74 Å². The van der Waals surface area contributed by atoms with E-state index in [1.807, 2.05) is 6.92 Å². The summed E-state index contributed by atoms with van der Waals surface area (Å²) in [6, 6.07) is 0. The van der Waals surface area contributed by atoms with Gasteiger partial charge in [-0.25, -0.2) is 0 Å². The Bertz CT molecular complexity index is 29.4. The SMILES string of the molecule is C[CH]OCCCCC. The second-order valence-electron chi connectivity index (χ2n) is 1.81. The minimum atomic E-state index is 0.893. The lowest BCUT2D eigenvalue weighted by molar-refractivity contribution is 0.198. The van der Waals surface area contributed by atoms with E-state index in [0.29, 0.717) is 0 Å². The molecule has 0 aromatic rings. The van der Waals surface area contributed by atoms with E-state index in [1.165, 1.54) is 19.3 Å². The third-order valence-electron chi connectivity index (χ3n) is 1.03. The minimum absolute atomic E-state index is 0.893. The first-order valence-corrected chi connectivity index (χ1v) is 3.31. The van der Waals surface area contributed by atoms with Crippen molar-refractivity contribution in [3.05, 3.63) is 6.61 Å². The highest BCUT2D eigenvalue weighted by molar-refractivity contribution is 4.38. The summed E-state index contributed by atoms with van der Waals surface area (Å²) >= 11 is 0. The molecular formula is C7H15O. The van der Waals surface area contributed by atoms with E-state index in [0.717, 1.165) is 6.61 Å². The first kappa shape index (κ1) is 7.96. The van der Waals surface area contributed by atoms with Crippen LogP contribution in [-0.4, -0.2) is 6.61 Å². The third-order valence-corrected chi connectivity index (χ3v) is 1.03. The summed E-state index contributed by atoms with van der Waals surface area (Å²) in [6.45, 7) is 6.74. The fourth-order valence-electron chi connectivity index (χ4n) is 0.553. The fourth-order valence-corrected chi connectivity index (χ4v) is 0.553. The molecule has 0 fully saturated rings. The van der Waals surface area contributed by atoms with Crippen LogP contribution in [0.5, 0.6) is 0 Å². The van der Waals surface area contributed by atoms with Gasteiger partial charge in [0.15, 0.2) is 0 Å². The van der Waals surface area contributed by atoms with Crippen LogP contribution in [0.3, 0.4) is 0 Å². The molecule has 8 heavy (non-hydrogen) atoms. The minimum Gasteiger partial charge on any atom is -0.376 e. The molecule has 1 nitrogen and oxygen atoms in total. The van der Waals surface area contributed by atoms with Crippen molar-refractivity contribution in [2.75, 3.05) is 6.61 Å². The highest BCUT2D eigenvalue weighted by Gasteiger charge is 1.82. The Morgan fingerprint density at radius 2 is 2.12 bits per heavy atom. The van der Waals surface area contributed by atoms with Crippen LogP contribution in [0.4, 0.5) is 0 Å². The highest BCUT2D eigenvalue weighted by Crippen LogP contribution is 1.94. The van der Waals surface area contributed by atoms with Crippen molar-refractivity contribution >= 4 is 0 Å². The lowest BCUT2D eigenvalue weighted by atomic mass is 10.3. The van der Waals surface area contributed by atoms with Crippen molar-refractivity contribution in [2.45, 2.75) is 33.1 Å². The van der Waals surface area contributed by atoms with Gasteiger partial charge in [-0.05, 0) is 13.3 Å². The maximum atomic E-state index is 5.01. The smallest absolute Gasteiger partial charge is 0.0805 e. The van der Waals surface area contributed by atoms with Gasteiger partial charge in [0.2, 0.25) is 0 Å². The van der Waals surface area contributed by atoms with Gasteiger partial charge in [-0.2, -0.15) is 0 Å². The lowest BCUT2D eigenvalue weighted by Crippen LogP contribution is -1.87. The van der Waals surface area contributed by atoms with Crippen molar-refractivity contribution < 1.29 is 4.74 Å². The Morgan fingerprint density at radius 1 is 1.38 bits per heavy atom. The van der Waals surface area contributed by atoms with Gasteiger partial charge in [-0.3, -0.25) is 0 Å². The topological polar surface area (TPSA) is 9.23 Å². The van der Waals surface area contributed by atoms with Crippen molar-refractivity contribution in [2.24, 2.45) is 0 Å². The van der Waals surface area contributed by atoms with E-state index >= 15 is 0 Å². The largest absolute Gasteiger partial charge is 0.376 e. The number of hydrogen-bond donors (Lipinski definition) is 0. The van der Waals surface area contributed by atoms with Crippen molar-refractivity contribution in [1.29, 1.82) is 0 Å². The number of hydrogen-bond acceptors (Lipinski definition) is 1. The lowest BCUT2D eigenvalue weighted by Gasteiger charge is -1.96. The Balaban J connectivity index is 2.53. The van der Waals surface area contributed by atoms with Crippen LogP contribution in [0.15, 0.2) is 0 Å². The number of ether oxygens (including phenoxy) is 1. The molecule has 0 aliphatic rings. The van der Waals surface area contributed by atoms with Gasteiger partial charge < -0.3 is 4.74 Å². The zero-order valence-electron chi connectivity index (χ0n) is 5.81. The van der Waals surface area contributed by atoms with E-state index in [4.69, 9.17) is 4.74 Å². The van der Waals surface area contributed by atoms with Crippen LogP contribution in [0.1, 0.15) is 33.1 Å². The Labute approximate surface area is 52.0 Å². The number of rotatable bonds is 5. The predicted molar refractivity (Wildman–Crippen MR) is 35.5 cm³/mol. The van der Waals surface area contributed by atoms with E-state index < -0.39 is 0 Å². The van der Waals surface area contributed by atoms with Crippen LogP contribution in [0.2, 0.25) is 0 Å². The van der Waals surface area contributed by atoms with Gasteiger partial charge in [0.05, 0.1) is 6.61 Å². The zero-order valence-corrected chi connectivity index (χ0v) is 5.81. The van der Waals surface area contributed by atoms with Crippen molar-refractivity contribution in [3.63, 3.8) is 0 Å². The summed E-state index contributed by atoms with van der Waals surface area (Å²) < 4.78 is 5.01. The summed E-state index contributed by atoms with van der Waals surface area (Å²) in [5.41, 5.74) is 0. The molecular weight excluding hydrogens is 100 g/mol. The van der Waals surface area contributed by atoms with Gasteiger partial charge in [-0.1, -0.05) is 19.8 Å². The molecule has 49 valence electrons. The molecule has 1 heteroatoms. The maximum Gasteiger partial charge on any atom is 0.0805 e. The monoisotopic (exact) mass is 115 g/mol. The van der Waals surface area contributed by atoms with Crippen molar-refractivity contribution in [1.82, 2.24) is 0 Å². The average molecular weight is 115 g/mol. The summed E-state index contributed by atoms with van der Waals surface area (Å²) in [4.78, 5) is 0. The molecule has 0 spiro atoms. The first-order valence-electron chi connectivity index (χ1n) is 3.31. The van der Waals surface area contributed by atoms with Gasteiger partial charge >= 0.3 is 0 Å². The molecule has 1 radical (unpaired) electrons. The second kappa shape index (κ2) is 6.96. The molecule has 0 bridgehead atoms. The summed E-state index contributed by atoms with van der Waals surface area (Å²) in [5.74, 6) is 0. The predicted octanol–water partition coefficient (Wildman–Crippen LogP) is 2.37. The Morgan fingerprint density at radius 3 is 2.62 bits per heavy atom. The quantitative estimate of drug-likeness (QED) is 0.500. The molecule has 0 aromatic heterocycles. The molecule has 0 aliphatic carbocycles. The molecule has 0 N–H and O–H groups in total. The molecule has 0 amide bonds. The van der Waals surface area contributed by atoms with Crippen molar-refractivity contribution in [3.8, 4) is 0 Å². The number of unbranched alkanes of at least 4 members (excludes halogenated alkanes) is 2. The molecule has 0 rings (SSSR count). The zero-order chi connectivity index (χ0) is 6.24. The molecule has 0 aliphatic heterocycles. The van der Waals surface area contributed by atoms with Crippen LogP contribution >= 0.6 is 0 Å². The van der Waals surface area contributed by atoms with Gasteiger partial charge in [0, 0.05) is 6.61 Å². The van der Waals surface area contributed by atoms with Crippen LogP contribution < -0.4 is 0 Å². The van der Waals surface area contributed by atoms with E-state index in [9.17, 15) is 0 Å². The van der Waals surface area contributed by atoms with Gasteiger partial charge in [-0.15, -0.1) is 0 Å². The van der Waals surface area contributed by atoms with E-state index in [-0.39, 0.29) is 0 Å². The molecule has 0 heterocycles. The van der Waals surface area contributed by atoms with Crippen LogP contribution in [0, 0.1) is 6.61 Å². The fraction of sp³-hybridized carbons (Fsp3) is 0.857. The van der Waals surface area contributed by atoms with Gasteiger partial charge in [0.25, 0.3) is 0 Å². The summed E-state index contributed by atoms with van der Waals surface area (Å²) in [6.07, 6.45) is 3.75. The molecule has 0 unspecified atom stereocenters. The van der Waals surface area contributed by atoms with E-state index in [2.05, 4.69) is 6.92 Å². The molecule has 0 atom stereocenters. The molecule has 0 saturated carbocycles. The second-order valence-corrected chi connectivity index (χ2v) is 1.81. The van der Waals surface area contributed by atoms with E-state index in [1.54, 1.807) is 6.61 Å². The first-order chi connectivity index (χ1) is 3.91. The maximum absolute atomic E-state index is 5.01. The average Bonchev–Trinajstić information content (AvgIpc) is 1.81. The summed E-state index contributed by atoms with van der Waals surface area (Å²) in [5, 5.41) is 0. The Hall–Kier alpha value is -0.0400. The normalized spacial score (nSPS) is 9.75.